The first-order valence-electron chi connectivity index (χ1n) is 12.3. The summed E-state index contributed by atoms with van der Waals surface area (Å²) >= 11 is 6.88. The van der Waals surface area contributed by atoms with Gasteiger partial charge in [0.1, 0.15) is 6.07 Å². The third-order valence-electron chi connectivity index (χ3n) is 7.30. The Kier molecular flexibility index (Phi) is 6.48. The van der Waals surface area contributed by atoms with E-state index < -0.39 is 0 Å². The van der Waals surface area contributed by atoms with E-state index >= 15 is 0 Å². The predicted molar refractivity (Wildman–Crippen MR) is 140 cm³/mol. The van der Waals surface area contributed by atoms with Gasteiger partial charge in [-0.3, -0.25) is 4.79 Å². The molecule has 0 bridgehead atoms. The number of nitrogens with zero attached hydrogens (tertiary/aromatic N) is 8. The number of halogens is 1. The number of amides is 1. The van der Waals surface area contributed by atoms with E-state index in [-0.39, 0.29) is 23.0 Å². The lowest BCUT2D eigenvalue weighted by atomic mass is 9.77. The molecule has 2 fully saturated rings. The van der Waals surface area contributed by atoms with E-state index in [0.717, 1.165) is 51.1 Å². The standard InChI is InChI=1S/C25H27ClN10O/c1-3-29-22-23-30-14-18(13-28)36(23)33-24(32-22)31-19-10-17(12-27)11-20(21(19)26)34-7-4-25(5-8-34)6-9-35(15-25)16(2)37/h10-11,14H,3-9,15H2,1-2H3,(H2,29,31,32,33). The Morgan fingerprint density at radius 3 is 2.59 bits per heavy atom. The number of piperidine rings is 1. The minimum absolute atomic E-state index is 0.134. The van der Waals surface area contributed by atoms with E-state index in [2.05, 4.69) is 42.7 Å². The number of imidazole rings is 1. The average molecular weight is 519 g/mol. The Labute approximate surface area is 219 Å². The number of hydrogen-bond donors (Lipinski definition) is 2. The summed E-state index contributed by atoms with van der Waals surface area (Å²) in [5.41, 5.74) is 2.60. The molecule has 3 aromatic rings. The molecule has 190 valence electrons. The van der Waals surface area contributed by atoms with Crippen LogP contribution in [0.25, 0.3) is 5.65 Å². The minimum Gasteiger partial charge on any atom is -0.370 e. The Bertz CT molecular complexity index is 1440. The number of fused-ring (bicyclic) bond motifs is 1. The van der Waals surface area contributed by atoms with Crippen LogP contribution in [0.1, 0.15) is 44.4 Å². The van der Waals surface area contributed by atoms with Crippen molar-refractivity contribution in [2.45, 2.75) is 33.1 Å². The second kappa shape index (κ2) is 9.75. The number of nitrogens with one attached hydrogen (secondary N) is 2. The van der Waals surface area contributed by atoms with Crippen molar-refractivity contribution in [1.82, 2.24) is 24.5 Å². The number of anilines is 4. The van der Waals surface area contributed by atoms with Crippen molar-refractivity contribution in [2.24, 2.45) is 5.41 Å². The SMILES string of the molecule is CCNc1nc(Nc2cc(C#N)cc(N3CCC4(CCN(C(C)=O)C4)CC3)c2Cl)nn2c(C#N)cnc12. The first-order chi connectivity index (χ1) is 17.9. The zero-order valence-corrected chi connectivity index (χ0v) is 21.5. The van der Waals surface area contributed by atoms with E-state index in [1.165, 1.54) is 10.7 Å². The van der Waals surface area contributed by atoms with Gasteiger partial charge in [0.25, 0.3) is 0 Å². The van der Waals surface area contributed by atoms with Gasteiger partial charge in [-0.1, -0.05) is 11.6 Å². The molecule has 2 aliphatic heterocycles. The molecule has 37 heavy (non-hydrogen) atoms. The molecule has 5 rings (SSSR count). The molecule has 1 amide bonds. The normalized spacial score (nSPS) is 16.6. The van der Waals surface area contributed by atoms with Gasteiger partial charge in [0.15, 0.2) is 17.2 Å². The molecule has 0 radical (unpaired) electrons. The van der Waals surface area contributed by atoms with E-state index in [9.17, 15) is 15.3 Å². The lowest BCUT2D eigenvalue weighted by molar-refractivity contribution is -0.128. The zero-order valence-electron chi connectivity index (χ0n) is 20.8. The van der Waals surface area contributed by atoms with E-state index in [1.54, 1.807) is 19.1 Å². The van der Waals surface area contributed by atoms with Gasteiger partial charge in [-0.25, -0.2) is 4.98 Å². The molecule has 2 aromatic heterocycles. The molecule has 2 aliphatic rings. The van der Waals surface area contributed by atoms with Gasteiger partial charge in [0, 0.05) is 39.6 Å². The summed E-state index contributed by atoms with van der Waals surface area (Å²) in [6.07, 6.45) is 4.37. The van der Waals surface area contributed by atoms with Crippen LogP contribution in [0, 0.1) is 28.1 Å². The summed E-state index contributed by atoms with van der Waals surface area (Å²) in [6.45, 7) is 7.37. The fourth-order valence-corrected chi connectivity index (χ4v) is 5.52. The van der Waals surface area contributed by atoms with Gasteiger partial charge >= 0.3 is 0 Å². The quantitative estimate of drug-likeness (QED) is 0.519. The number of hydrogen-bond acceptors (Lipinski definition) is 9. The van der Waals surface area contributed by atoms with Crippen molar-refractivity contribution in [3.8, 4) is 12.1 Å². The van der Waals surface area contributed by atoms with Crippen LogP contribution in [0.2, 0.25) is 5.02 Å². The smallest absolute Gasteiger partial charge is 0.247 e. The van der Waals surface area contributed by atoms with Crippen molar-refractivity contribution < 1.29 is 4.79 Å². The van der Waals surface area contributed by atoms with Crippen LogP contribution in [0.4, 0.5) is 23.1 Å². The first-order valence-corrected chi connectivity index (χ1v) is 12.6. The largest absolute Gasteiger partial charge is 0.370 e. The minimum atomic E-state index is 0.134. The number of benzene rings is 1. The molecular weight excluding hydrogens is 492 g/mol. The summed E-state index contributed by atoms with van der Waals surface area (Å²) in [5, 5.41) is 30.4. The Hall–Kier alpha value is -4.09. The van der Waals surface area contributed by atoms with E-state index in [4.69, 9.17) is 11.6 Å². The van der Waals surface area contributed by atoms with E-state index in [1.807, 2.05) is 11.8 Å². The molecule has 0 unspecified atom stereocenters. The van der Waals surface area contributed by atoms with Crippen LogP contribution < -0.4 is 15.5 Å². The number of carbonyl (C=O) groups excluding carboxylic acids is 1. The van der Waals surface area contributed by atoms with Crippen molar-refractivity contribution in [1.29, 1.82) is 10.5 Å². The first kappa shape index (κ1) is 24.6. The fraction of sp³-hybridized carbons (Fsp3) is 0.440. The number of carbonyl (C=O) groups is 1. The van der Waals surface area contributed by atoms with Crippen molar-refractivity contribution >= 4 is 46.3 Å². The highest BCUT2D eigenvalue weighted by Gasteiger charge is 2.41. The maximum atomic E-state index is 11.8. The van der Waals surface area contributed by atoms with Gasteiger partial charge in [0.2, 0.25) is 11.9 Å². The molecule has 2 N–H and O–H groups in total. The maximum Gasteiger partial charge on any atom is 0.247 e. The van der Waals surface area contributed by atoms with Crippen LogP contribution in [-0.4, -0.2) is 63.1 Å². The molecule has 0 aliphatic carbocycles. The highest BCUT2D eigenvalue weighted by Crippen LogP contribution is 2.44. The van der Waals surface area contributed by atoms with Crippen molar-refractivity contribution in [2.75, 3.05) is 48.3 Å². The van der Waals surface area contributed by atoms with Crippen molar-refractivity contribution in [3.63, 3.8) is 0 Å². The van der Waals surface area contributed by atoms with Crippen LogP contribution in [-0.2, 0) is 4.79 Å². The monoisotopic (exact) mass is 518 g/mol. The Balaban J connectivity index is 1.43. The molecule has 4 heterocycles. The van der Waals surface area contributed by atoms with Crippen LogP contribution in [0.5, 0.6) is 0 Å². The maximum absolute atomic E-state index is 11.8. The Morgan fingerprint density at radius 1 is 1.19 bits per heavy atom. The topological polar surface area (TPSA) is 138 Å². The van der Waals surface area contributed by atoms with Gasteiger partial charge in [0.05, 0.1) is 34.2 Å². The van der Waals surface area contributed by atoms with E-state index in [0.29, 0.717) is 34.3 Å². The lowest BCUT2D eigenvalue weighted by Gasteiger charge is -2.40. The number of nitriles is 2. The summed E-state index contributed by atoms with van der Waals surface area (Å²) in [7, 11) is 0. The fourth-order valence-electron chi connectivity index (χ4n) is 5.25. The molecule has 0 saturated carbocycles. The van der Waals surface area contributed by atoms with Crippen LogP contribution >= 0.6 is 11.6 Å². The second-order valence-electron chi connectivity index (χ2n) is 9.58. The Morgan fingerprint density at radius 2 is 1.95 bits per heavy atom. The summed E-state index contributed by atoms with van der Waals surface area (Å²) in [5.74, 6) is 0.829. The summed E-state index contributed by atoms with van der Waals surface area (Å²) < 4.78 is 1.42. The van der Waals surface area contributed by atoms with Gasteiger partial charge in [-0.15, -0.1) is 5.10 Å². The molecule has 1 spiro atoms. The molecular formula is C25H27ClN10O. The number of aromatic nitrogens is 4. The highest BCUT2D eigenvalue weighted by atomic mass is 35.5. The molecule has 1 aromatic carbocycles. The van der Waals surface area contributed by atoms with Gasteiger partial charge in [-0.05, 0) is 43.7 Å². The second-order valence-corrected chi connectivity index (χ2v) is 9.95. The summed E-state index contributed by atoms with van der Waals surface area (Å²) in [4.78, 5) is 24.8. The zero-order chi connectivity index (χ0) is 26.2. The average Bonchev–Trinajstić information content (AvgIpc) is 3.51. The third kappa shape index (κ3) is 4.58. The van der Waals surface area contributed by atoms with Gasteiger partial charge < -0.3 is 20.4 Å². The van der Waals surface area contributed by atoms with Crippen LogP contribution in [0.15, 0.2) is 18.3 Å². The lowest BCUT2D eigenvalue weighted by Crippen LogP contribution is -2.42. The number of likely N-dealkylation sites (tertiary alicyclic amines) is 1. The van der Waals surface area contributed by atoms with Crippen molar-refractivity contribution in [3.05, 3.63) is 34.6 Å². The third-order valence-corrected chi connectivity index (χ3v) is 7.70. The van der Waals surface area contributed by atoms with Crippen LogP contribution in [0.3, 0.4) is 0 Å². The molecule has 2 saturated heterocycles. The molecule has 0 atom stereocenters. The predicted octanol–water partition coefficient (Wildman–Crippen LogP) is 3.54. The number of rotatable bonds is 5. The summed E-state index contributed by atoms with van der Waals surface area (Å²) in [6, 6.07) is 7.77. The highest BCUT2D eigenvalue weighted by molar-refractivity contribution is 6.36. The molecule has 12 heteroatoms. The van der Waals surface area contributed by atoms with Gasteiger partial charge in [-0.2, -0.15) is 20.0 Å². The molecule has 11 nitrogen and oxygen atoms in total.